The Morgan fingerprint density at radius 1 is 0.718 bits per heavy atom. The van der Waals surface area contributed by atoms with Crippen molar-refractivity contribution >= 4 is 48.5 Å². The molecule has 182 valence electrons. The molecule has 2 heteroatoms. The van der Waals surface area contributed by atoms with Gasteiger partial charge >= 0.3 is 0 Å². The van der Waals surface area contributed by atoms with Crippen LogP contribution in [0.2, 0.25) is 0 Å². The average Bonchev–Trinajstić information content (AvgIpc) is 3.61. The van der Waals surface area contributed by atoms with Crippen LogP contribution >= 0.6 is 11.3 Å². The summed E-state index contributed by atoms with van der Waals surface area (Å²) in [5.41, 5.74) is 13.0. The van der Waals surface area contributed by atoms with Crippen LogP contribution in [0.5, 0.6) is 0 Å². The zero-order valence-electron chi connectivity index (χ0n) is 21.2. The highest BCUT2D eigenvalue weighted by Gasteiger charge is 2.52. The maximum Gasteiger partial charge on any atom is 0.0915 e. The second-order valence-corrected chi connectivity index (χ2v) is 11.8. The fraction of sp³-hybridized carbons (Fsp3) is 0.0811. The van der Waals surface area contributed by atoms with Crippen LogP contribution in [0.15, 0.2) is 115 Å². The van der Waals surface area contributed by atoms with Gasteiger partial charge in [-0.3, -0.25) is 0 Å². The number of thiophene rings is 1. The summed E-state index contributed by atoms with van der Waals surface area (Å²) in [5.74, 6) is 0. The van der Waals surface area contributed by atoms with Crippen molar-refractivity contribution in [2.45, 2.75) is 18.3 Å². The third-order valence-electron chi connectivity index (χ3n) is 8.79. The molecule has 0 aliphatic heterocycles. The first-order valence-electron chi connectivity index (χ1n) is 13.6. The molecule has 1 aromatic heterocycles. The highest BCUT2D eigenvalue weighted by Crippen LogP contribution is 2.64. The number of benzene rings is 4. The van der Waals surface area contributed by atoms with Crippen LogP contribution in [0.3, 0.4) is 0 Å². The standard InChI is InChI=1S/C37H23NS/c1-5-14-29-24(10-1)25-11-2-6-15-30(25)37(29)31-16-7-3-13-28(31)36-32(37)17-9-18-33(36)38-23-20-21-27-26-12-4-8-19-34(26)39-35(27)22-23/h1-2,4-12,14-19,22,38H,3,13H2. The summed E-state index contributed by atoms with van der Waals surface area (Å²) >= 11 is 1.82. The van der Waals surface area contributed by atoms with E-state index in [1.807, 2.05) is 11.3 Å². The molecule has 6 aromatic rings. The van der Waals surface area contributed by atoms with Crippen LogP contribution in [0.4, 0.5) is 11.4 Å². The molecule has 1 N–H and O–H groups in total. The number of hydrogen-bond acceptors (Lipinski definition) is 2. The lowest BCUT2D eigenvalue weighted by Gasteiger charge is -2.32. The Hall–Kier alpha value is -4.58. The Morgan fingerprint density at radius 2 is 1.46 bits per heavy atom. The number of fused-ring (bicyclic) bond motifs is 12. The third-order valence-corrected chi connectivity index (χ3v) is 9.90. The smallest absolute Gasteiger partial charge is 0.0915 e. The van der Waals surface area contributed by atoms with Gasteiger partial charge in [-0.15, -0.1) is 11.3 Å². The van der Waals surface area contributed by atoms with Crippen molar-refractivity contribution in [1.29, 1.82) is 0 Å². The van der Waals surface area contributed by atoms with E-state index in [0.29, 0.717) is 0 Å². The Balaban J connectivity index is 1.27. The van der Waals surface area contributed by atoms with E-state index in [1.165, 1.54) is 59.3 Å². The SMILES string of the molecule is c1c(Nc2cccc3c2C2=C(C=CCC2)C32c3ccccc3-c3ccccc32)cc2sc3ccccc3c2c#1. The summed E-state index contributed by atoms with van der Waals surface area (Å²) in [6, 6.07) is 42.5. The number of allylic oxidation sites excluding steroid dienone is 4. The minimum atomic E-state index is -0.280. The molecule has 39 heavy (non-hydrogen) atoms. The van der Waals surface area contributed by atoms with Crippen molar-refractivity contribution in [3.63, 3.8) is 0 Å². The minimum Gasteiger partial charge on any atom is -0.348 e. The fourth-order valence-electron chi connectivity index (χ4n) is 7.33. The van der Waals surface area contributed by atoms with Gasteiger partial charge in [0.15, 0.2) is 0 Å². The Morgan fingerprint density at radius 3 is 2.31 bits per heavy atom. The molecule has 5 aromatic carbocycles. The summed E-state index contributed by atoms with van der Waals surface area (Å²) in [5, 5.41) is 6.20. The van der Waals surface area contributed by atoms with E-state index in [0.717, 1.165) is 29.6 Å². The Bertz CT molecular complexity index is 2010. The number of anilines is 2. The quantitative estimate of drug-likeness (QED) is 0.243. The highest BCUT2D eigenvalue weighted by molar-refractivity contribution is 7.25. The molecule has 0 fully saturated rings. The summed E-state index contributed by atoms with van der Waals surface area (Å²) in [7, 11) is 0. The zero-order valence-corrected chi connectivity index (χ0v) is 22.0. The summed E-state index contributed by atoms with van der Waals surface area (Å²) in [4.78, 5) is 0. The average molecular weight is 514 g/mol. The zero-order chi connectivity index (χ0) is 25.6. The maximum absolute atomic E-state index is 3.79. The van der Waals surface area contributed by atoms with Gasteiger partial charge in [0.25, 0.3) is 0 Å². The van der Waals surface area contributed by atoms with E-state index in [1.54, 1.807) is 0 Å². The molecular weight excluding hydrogens is 490 g/mol. The van der Waals surface area contributed by atoms with E-state index in [2.05, 4.69) is 127 Å². The predicted octanol–water partition coefficient (Wildman–Crippen LogP) is 9.83. The van der Waals surface area contributed by atoms with E-state index in [-0.39, 0.29) is 5.41 Å². The van der Waals surface area contributed by atoms with Crippen molar-refractivity contribution in [1.82, 2.24) is 0 Å². The Labute approximate surface area is 231 Å². The van der Waals surface area contributed by atoms with Gasteiger partial charge in [0, 0.05) is 26.0 Å². The molecule has 0 saturated heterocycles. The van der Waals surface area contributed by atoms with Crippen molar-refractivity contribution in [3.8, 4) is 11.1 Å². The molecule has 0 radical (unpaired) electrons. The normalized spacial score (nSPS) is 15.8. The van der Waals surface area contributed by atoms with Crippen molar-refractivity contribution in [3.05, 3.63) is 149 Å². The van der Waals surface area contributed by atoms with Crippen molar-refractivity contribution in [2.24, 2.45) is 0 Å². The van der Waals surface area contributed by atoms with Crippen LogP contribution < -0.4 is 5.32 Å². The van der Waals surface area contributed by atoms with Gasteiger partial charge in [-0.25, -0.2) is 0 Å². The molecule has 0 amide bonds. The second kappa shape index (κ2) is 7.73. The number of nitrogens with one attached hydrogen (secondary N) is 1. The van der Waals surface area contributed by atoms with Gasteiger partial charge in [-0.05, 0) is 76.1 Å². The molecule has 1 spiro atoms. The van der Waals surface area contributed by atoms with Gasteiger partial charge in [0.05, 0.1) is 16.5 Å². The first-order valence-corrected chi connectivity index (χ1v) is 14.4. The summed E-state index contributed by atoms with van der Waals surface area (Å²) < 4.78 is 2.53. The summed E-state index contributed by atoms with van der Waals surface area (Å²) in [6.45, 7) is 0. The number of rotatable bonds is 2. The van der Waals surface area contributed by atoms with Gasteiger partial charge in [0.2, 0.25) is 0 Å². The fourth-order valence-corrected chi connectivity index (χ4v) is 8.44. The molecule has 1 heterocycles. The third kappa shape index (κ3) is 2.71. The minimum absolute atomic E-state index is 0.280. The molecule has 0 unspecified atom stereocenters. The lowest BCUT2D eigenvalue weighted by molar-refractivity contribution is 0.780. The topological polar surface area (TPSA) is 12.0 Å². The van der Waals surface area contributed by atoms with Crippen LogP contribution in [-0.4, -0.2) is 0 Å². The highest BCUT2D eigenvalue weighted by atomic mass is 32.1. The monoisotopic (exact) mass is 513 g/mol. The molecule has 0 atom stereocenters. The molecule has 3 aliphatic rings. The van der Waals surface area contributed by atoms with E-state index < -0.39 is 0 Å². The van der Waals surface area contributed by atoms with E-state index >= 15 is 0 Å². The molecule has 9 rings (SSSR count). The second-order valence-electron chi connectivity index (χ2n) is 10.7. The van der Waals surface area contributed by atoms with Gasteiger partial charge in [-0.1, -0.05) is 97.1 Å². The van der Waals surface area contributed by atoms with Crippen LogP contribution in [0, 0.1) is 12.1 Å². The van der Waals surface area contributed by atoms with Gasteiger partial charge < -0.3 is 5.32 Å². The van der Waals surface area contributed by atoms with Crippen LogP contribution in [0.1, 0.15) is 35.1 Å². The first kappa shape index (κ1) is 21.4. The number of hydrogen-bond donors (Lipinski definition) is 1. The lowest BCUT2D eigenvalue weighted by Crippen LogP contribution is -2.27. The summed E-state index contributed by atoms with van der Waals surface area (Å²) in [6.07, 6.45) is 6.89. The van der Waals surface area contributed by atoms with E-state index in [9.17, 15) is 0 Å². The van der Waals surface area contributed by atoms with Crippen LogP contribution in [0.25, 0.3) is 36.9 Å². The van der Waals surface area contributed by atoms with Crippen molar-refractivity contribution < 1.29 is 0 Å². The van der Waals surface area contributed by atoms with E-state index in [4.69, 9.17) is 0 Å². The Kier molecular flexibility index (Phi) is 4.23. The molecule has 0 saturated carbocycles. The lowest BCUT2D eigenvalue weighted by atomic mass is 9.69. The van der Waals surface area contributed by atoms with Crippen LogP contribution in [-0.2, 0) is 5.41 Å². The molecule has 0 bridgehead atoms. The first-order chi connectivity index (χ1) is 19.3. The molecule has 3 aliphatic carbocycles. The molecular formula is C37H23NS. The maximum atomic E-state index is 3.79. The van der Waals surface area contributed by atoms with Gasteiger partial charge in [0.1, 0.15) is 0 Å². The molecule has 1 nitrogen and oxygen atoms in total. The largest absolute Gasteiger partial charge is 0.348 e. The predicted molar refractivity (Wildman–Crippen MR) is 164 cm³/mol. The van der Waals surface area contributed by atoms with Crippen molar-refractivity contribution in [2.75, 3.05) is 5.32 Å². The van der Waals surface area contributed by atoms with Gasteiger partial charge in [-0.2, -0.15) is 0 Å².